The summed E-state index contributed by atoms with van der Waals surface area (Å²) >= 11 is 0. The van der Waals surface area contributed by atoms with Crippen LogP contribution in [0.25, 0.3) is 11.1 Å². The number of hydrogen-bond donors (Lipinski definition) is 1. The van der Waals surface area contributed by atoms with Crippen molar-refractivity contribution >= 4 is 0 Å². The van der Waals surface area contributed by atoms with Crippen LogP contribution in [-0.4, -0.2) is 20.8 Å². The van der Waals surface area contributed by atoms with Crippen LogP contribution >= 0.6 is 0 Å². The zero-order valence-corrected chi connectivity index (χ0v) is 12.9. The van der Waals surface area contributed by atoms with Crippen molar-refractivity contribution in [2.75, 3.05) is 20.8 Å². The lowest BCUT2D eigenvalue weighted by Gasteiger charge is -2.16. The molecule has 0 saturated heterocycles. The molecule has 0 amide bonds. The Bertz CT molecular complexity index is 596. The molecule has 21 heavy (non-hydrogen) atoms. The van der Waals surface area contributed by atoms with Crippen molar-refractivity contribution in [3.63, 3.8) is 0 Å². The van der Waals surface area contributed by atoms with Crippen LogP contribution in [0.3, 0.4) is 0 Å². The highest BCUT2D eigenvalue weighted by Gasteiger charge is 2.13. The average molecular weight is 285 g/mol. The van der Waals surface area contributed by atoms with E-state index < -0.39 is 0 Å². The third kappa shape index (κ3) is 3.37. The molecule has 2 aromatic carbocycles. The van der Waals surface area contributed by atoms with Gasteiger partial charge < -0.3 is 15.2 Å². The van der Waals surface area contributed by atoms with Gasteiger partial charge in [-0.2, -0.15) is 0 Å². The molecule has 2 aromatic rings. The van der Waals surface area contributed by atoms with Crippen molar-refractivity contribution in [1.29, 1.82) is 0 Å². The summed E-state index contributed by atoms with van der Waals surface area (Å²) in [5.41, 5.74) is 9.03. The average Bonchev–Trinajstić information content (AvgIpc) is 2.54. The van der Waals surface area contributed by atoms with Gasteiger partial charge >= 0.3 is 0 Å². The Morgan fingerprint density at radius 3 is 2.29 bits per heavy atom. The van der Waals surface area contributed by atoms with Crippen LogP contribution in [0, 0.1) is 0 Å². The Labute approximate surface area is 126 Å². The Morgan fingerprint density at radius 1 is 0.952 bits per heavy atom. The van der Waals surface area contributed by atoms with Gasteiger partial charge in [-0.05, 0) is 42.6 Å². The van der Waals surface area contributed by atoms with Crippen LogP contribution in [0.5, 0.6) is 11.5 Å². The van der Waals surface area contributed by atoms with Gasteiger partial charge in [0.25, 0.3) is 0 Å². The minimum Gasteiger partial charge on any atom is -0.496 e. The molecule has 2 rings (SSSR count). The van der Waals surface area contributed by atoms with E-state index >= 15 is 0 Å². The molecule has 3 heteroatoms. The van der Waals surface area contributed by atoms with Crippen LogP contribution in [-0.2, 0) is 0 Å². The number of rotatable bonds is 6. The van der Waals surface area contributed by atoms with Gasteiger partial charge in [-0.15, -0.1) is 0 Å². The molecule has 1 atom stereocenters. The third-order valence-corrected chi connectivity index (χ3v) is 3.79. The maximum Gasteiger partial charge on any atom is 0.126 e. The monoisotopic (exact) mass is 285 g/mol. The van der Waals surface area contributed by atoms with Gasteiger partial charge in [0.1, 0.15) is 11.5 Å². The fourth-order valence-electron chi connectivity index (χ4n) is 2.53. The molecule has 0 aliphatic carbocycles. The summed E-state index contributed by atoms with van der Waals surface area (Å²) < 4.78 is 11.0. The molecule has 0 aliphatic heterocycles. The summed E-state index contributed by atoms with van der Waals surface area (Å²) in [5, 5.41) is 0. The minimum atomic E-state index is 0.425. The maximum atomic E-state index is 5.67. The summed E-state index contributed by atoms with van der Waals surface area (Å²) in [5.74, 6) is 2.12. The maximum absolute atomic E-state index is 5.67. The summed E-state index contributed by atoms with van der Waals surface area (Å²) in [7, 11) is 3.38. The zero-order valence-electron chi connectivity index (χ0n) is 12.9. The second kappa shape index (κ2) is 7.14. The van der Waals surface area contributed by atoms with Crippen molar-refractivity contribution < 1.29 is 9.47 Å². The van der Waals surface area contributed by atoms with E-state index in [0.29, 0.717) is 12.5 Å². The lowest BCUT2D eigenvalue weighted by molar-refractivity contribution is 0.410. The Kier molecular flexibility index (Phi) is 5.23. The summed E-state index contributed by atoms with van der Waals surface area (Å²) in [6, 6.07) is 14.3. The molecule has 3 nitrogen and oxygen atoms in total. The smallest absolute Gasteiger partial charge is 0.126 e. The van der Waals surface area contributed by atoms with E-state index in [9.17, 15) is 0 Å². The molecule has 0 bridgehead atoms. The molecule has 0 heterocycles. The lowest BCUT2D eigenvalue weighted by Crippen LogP contribution is -2.05. The van der Waals surface area contributed by atoms with E-state index in [2.05, 4.69) is 19.1 Å². The van der Waals surface area contributed by atoms with E-state index in [1.54, 1.807) is 14.2 Å². The quantitative estimate of drug-likeness (QED) is 0.877. The highest BCUT2D eigenvalue weighted by molar-refractivity contribution is 5.76. The predicted octanol–water partition coefficient (Wildman–Crippen LogP) is 3.82. The van der Waals surface area contributed by atoms with Gasteiger partial charge in [0.05, 0.1) is 14.2 Å². The van der Waals surface area contributed by atoms with E-state index in [1.807, 2.05) is 30.3 Å². The molecule has 1 unspecified atom stereocenters. The second-order valence-electron chi connectivity index (χ2n) is 5.14. The van der Waals surface area contributed by atoms with Gasteiger partial charge in [-0.3, -0.25) is 0 Å². The Morgan fingerprint density at radius 2 is 1.62 bits per heavy atom. The number of nitrogens with two attached hydrogens (primary N) is 1. The van der Waals surface area contributed by atoms with Gasteiger partial charge in [-0.25, -0.2) is 0 Å². The molecule has 0 fully saturated rings. The van der Waals surface area contributed by atoms with Crippen molar-refractivity contribution in [1.82, 2.24) is 0 Å². The van der Waals surface area contributed by atoms with E-state index in [0.717, 1.165) is 29.0 Å². The van der Waals surface area contributed by atoms with Gasteiger partial charge in [0.2, 0.25) is 0 Å². The first-order valence-corrected chi connectivity index (χ1v) is 7.22. The predicted molar refractivity (Wildman–Crippen MR) is 87.1 cm³/mol. The number of benzene rings is 2. The van der Waals surface area contributed by atoms with Crippen LogP contribution in [0.4, 0.5) is 0 Å². The molecular formula is C18H23NO2. The SMILES string of the molecule is COc1ccccc1-c1cc(C(C)CCN)ccc1OC. The van der Waals surface area contributed by atoms with Gasteiger partial charge in [0.15, 0.2) is 0 Å². The van der Waals surface area contributed by atoms with Crippen molar-refractivity contribution in [2.24, 2.45) is 5.73 Å². The first-order valence-electron chi connectivity index (χ1n) is 7.22. The summed E-state index contributed by atoms with van der Waals surface area (Å²) in [4.78, 5) is 0. The molecule has 0 saturated carbocycles. The molecule has 2 N–H and O–H groups in total. The Hall–Kier alpha value is -2.00. The normalized spacial score (nSPS) is 12.0. The van der Waals surface area contributed by atoms with E-state index in [-0.39, 0.29) is 0 Å². The lowest BCUT2D eigenvalue weighted by atomic mass is 9.93. The number of methoxy groups -OCH3 is 2. The van der Waals surface area contributed by atoms with Crippen LogP contribution in [0.2, 0.25) is 0 Å². The molecular weight excluding hydrogens is 262 g/mol. The van der Waals surface area contributed by atoms with Crippen molar-refractivity contribution in [3.8, 4) is 22.6 Å². The minimum absolute atomic E-state index is 0.425. The van der Waals surface area contributed by atoms with E-state index in [1.165, 1.54) is 5.56 Å². The standard InChI is InChI=1S/C18H23NO2/c1-13(10-11-19)14-8-9-18(21-3)16(12-14)15-6-4-5-7-17(15)20-2/h4-9,12-13H,10-11,19H2,1-3H3. The van der Waals surface area contributed by atoms with Crippen LogP contribution in [0.1, 0.15) is 24.8 Å². The van der Waals surface area contributed by atoms with E-state index in [4.69, 9.17) is 15.2 Å². The number of ether oxygens (including phenoxy) is 2. The zero-order chi connectivity index (χ0) is 15.2. The number of hydrogen-bond acceptors (Lipinski definition) is 3. The fraction of sp³-hybridized carbons (Fsp3) is 0.333. The van der Waals surface area contributed by atoms with Crippen LogP contribution < -0.4 is 15.2 Å². The molecule has 0 aliphatic rings. The molecule has 0 spiro atoms. The van der Waals surface area contributed by atoms with Crippen molar-refractivity contribution in [3.05, 3.63) is 48.0 Å². The highest BCUT2D eigenvalue weighted by Crippen LogP contribution is 2.38. The fourth-order valence-corrected chi connectivity index (χ4v) is 2.53. The number of para-hydroxylation sites is 1. The van der Waals surface area contributed by atoms with Crippen molar-refractivity contribution in [2.45, 2.75) is 19.3 Å². The van der Waals surface area contributed by atoms with Gasteiger partial charge in [-0.1, -0.05) is 31.2 Å². The molecule has 112 valence electrons. The summed E-state index contributed by atoms with van der Waals surface area (Å²) in [6.07, 6.45) is 0.970. The highest BCUT2D eigenvalue weighted by atomic mass is 16.5. The van der Waals surface area contributed by atoms with Gasteiger partial charge in [0, 0.05) is 11.1 Å². The second-order valence-corrected chi connectivity index (χ2v) is 5.14. The third-order valence-electron chi connectivity index (χ3n) is 3.79. The topological polar surface area (TPSA) is 44.5 Å². The largest absolute Gasteiger partial charge is 0.496 e. The Balaban J connectivity index is 2.52. The molecule has 0 aromatic heterocycles. The van der Waals surface area contributed by atoms with Crippen LogP contribution in [0.15, 0.2) is 42.5 Å². The summed E-state index contributed by atoms with van der Waals surface area (Å²) in [6.45, 7) is 2.89. The molecule has 0 radical (unpaired) electrons. The first kappa shape index (κ1) is 15.4. The first-order chi connectivity index (χ1) is 10.2.